The summed E-state index contributed by atoms with van der Waals surface area (Å²) in [6.07, 6.45) is 12.1. The molecular formula is C28H37N3O3. The average molecular weight is 465 g/mol. The van der Waals surface area contributed by atoms with Gasteiger partial charge in [0.1, 0.15) is 0 Å². The van der Waals surface area contributed by atoms with Crippen molar-refractivity contribution in [1.82, 2.24) is 15.5 Å². The fourth-order valence-electron chi connectivity index (χ4n) is 5.27. The van der Waals surface area contributed by atoms with Crippen LogP contribution in [-0.4, -0.2) is 49.3 Å². The molecule has 6 heteroatoms. The van der Waals surface area contributed by atoms with E-state index in [9.17, 15) is 14.4 Å². The molecule has 0 spiro atoms. The standard InChI is InChI=1S/C10H13NO.2C9H11NO.H2/c1-7-5-8-3-4-11(2)10(12)9(8)6-7;2*1-6-4-7-2-3-10-9(11)8(7)5-6;/h5H,3-4,6H2,1-2H3;2*4H,2-3,5H2,1H3,(H,10,11);1H/i;;;1+1. The van der Waals surface area contributed by atoms with E-state index in [1.807, 2.05) is 11.9 Å². The Kier molecular flexibility index (Phi) is 7.05. The Labute approximate surface area is 203 Å². The first-order valence-corrected chi connectivity index (χ1v) is 12.2. The number of hydrogen-bond acceptors (Lipinski definition) is 3. The topological polar surface area (TPSA) is 78.5 Å². The Hall–Kier alpha value is -3.15. The van der Waals surface area contributed by atoms with Gasteiger partial charge in [0.05, 0.1) is 0 Å². The van der Waals surface area contributed by atoms with E-state index in [2.05, 4.69) is 49.6 Å². The summed E-state index contributed by atoms with van der Waals surface area (Å²) >= 11 is 0. The van der Waals surface area contributed by atoms with Crippen molar-refractivity contribution in [2.75, 3.05) is 26.7 Å². The van der Waals surface area contributed by atoms with E-state index in [-0.39, 0.29) is 19.1 Å². The zero-order valence-corrected chi connectivity index (χ0v) is 20.8. The second-order valence-electron chi connectivity index (χ2n) is 10.0. The van der Waals surface area contributed by atoms with Crippen LogP contribution in [-0.2, 0) is 14.4 Å². The predicted molar refractivity (Wildman–Crippen MR) is 136 cm³/mol. The molecule has 0 unspecified atom stereocenters. The van der Waals surface area contributed by atoms with Gasteiger partial charge in [-0.2, -0.15) is 0 Å². The maximum absolute atomic E-state index is 11.6. The first-order valence-electron chi connectivity index (χ1n) is 12.2. The van der Waals surface area contributed by atoms with Crippen LogP contribution >= 0.6 is 0 Å². The van der Waals surface area contributed by atoms with E-state index in [1.165, 1.54) is 33.4 Å². The average Bonchev–Trinajstić information content (AvgIpc) is 3.48. The van der Waals surface area contributed by atoms with Crippen molar-refractivity contribution in [3.63, 3.8) is 0 Å². The summed E-state index contributed by atoms with van der Waals surface area (Å²) in [4.78, 5) is 35.8. The molecule has 3 amide bonds. The van der Waals surface area contributed by atoms with Crippen molar-refractivity contribution in [3.8, 4) is 0 Å². The molecule has 0 fully saturated rings. The minimum Gasteiger partial charge on any atom is -0.352 e. The molecule has 0 saturated heterocycles. The lowest BCUT2D eigenvalue weighted by Crippen LogP contribution is -2.32. The Morgan fingerprint density at radius 2 is 1.09 bits per heavy atom. The molecule has 6 nitrogen and oxygen atoms in total. The van der Waals surface area contributed by atoms with E-state index in [1.54, 1.807) is 0 Å². The summed E-state index contributed by atoms with van der Waals surface area (Å²) in [5.74, 6) is 0.503. The van der Waals surface area contributed by atoms with Gasteiger partial charge in [0.2, 0.25) is 17.7 Å². The molecule has 0 bridgehead atoms. The van der Waals surface area contributed by atoms with Crippen LogP contribution in [0.1, 0.15) is 60.7 Å². The summed E-state index contributed by atoms with van der Waals surface area (Å²) in [5, 5.41) is 5.69. The number of carbonyl (C=O) groups is 3. The fraction of sp³-hybridized carbons (Fsp3) is 0.464. The van der Waals surface area contributed by atoms with Gasteiger partial charge in [-0.1, -0.05) is 34.9 Å². The lowest BCUT2D eigenvalue weighted by atomic mass is 10.0. The lowest BCUT2D eigenvalue weighted by Gasteiger charge is -2.23. The zero-order chi connectivity index (χ0) is 24.4. The number of hydrogen-bond donors (Lipinski definition) is 2. The second-order valence-corrected chi connectivity index (χ2v) is 10.0. The minimum atomic E-state index is 0. The molecule has 0 aromatic heterocycles. The summed E-state index contributed by atoms with van der Waals surface area (Å²) < 4.78 is 0. The van der Waals surface area contributed by atoms with Crippen molar-refractivity contribution in [3.05, 3.63) is 68.4 Å². The zero-order valence-electron chi connectivity index (χ0n) is 20.8. The van der Waals surface area contributed by atoms with Gasteiger partial charge in [0.25, 0.3) is 0 Å². The van der Waals surface area contributed by atoms with Gasteiger partial charge in [-0.3, -0.25) is 14.4 Å². The number of nitrogens with one attached hydrogen (secondary N) is 2. The van der Waals surface area contributed by atoms with Gasteiger partial charge in [0.15, 0.2) is 0 Å². The molecule has 0 radical (unpaired) electrons. The van der Waals surface area contributed by atoms with Crippen LogP contribution in [0, 0.1) is 0 Å². The molecule has 3 aliphatic carbocycles. The molecule has 3 aliphatic heterocycles. The van der Waals surface area contributed by atoms with Gasteiger partial charge in [-0.25, -0.2) is 0 Å². The van der Waals surface area contributed by atoms with Crippen LogP contribution in [0.3, 0.4) is 0 Å². The van der Waals surface area contributed by atoms with E-state index in [0.717, 1.165) is 74.9 Å². The summed E-state index contributed by atoms with van der Waals surface area (Å²) in [5.41, 5.74) is 10.7. The van der Waals surface area contributed by atoms with Crippen LogP contribution in [0.15, 0.2) is 68.4 Å². The first kappa shape index (κ1) is 24.0. The van der Waals surface area contributed by atoms with Crippen LogP contribution in [0.2, 0.25) is 0 Å². The third kappa shape index (κ3) is 5.16. The molecule has 34 heavy (non-hydrogen) atoms. The van der Waals surface area contributed by atoms with Crippen molar-refractivity contribution in [2.24, 2.45) is 0 Å². The number of allylic oxidation sites excluding steroid dienone is 6. The summed E-state index contributed by atoms with van der Waals surface area (Å²) in [6, 6.07) is 0. The van der Waals surface area contributed by atoms with Crippen molar-refractivity contribution in [2.45, 2.75) is 59.3 Å². The normalized spacial score (nSPS) is 23.0. The highest BCUT2D eigenvalue weighted by atomic mass is 16.2. The van der Waals surface area contributed by atoms with Crippen molar-refractivity contribution >= 4 is 17.7 Å². The molecule has 6 rings (SSSR count). The number of carbonyl (C=O) groups excluding carboxylic acids is 3. The monoisotopic (exact) mass is 464 g/mol. The molecule has 3 heterocycles. The maximum Gasteiger partial charge on any atom is 0.250 e. The van der Waals surface area contributed by atoms with E-state index < -0.39 is 0 Å². The van der Waals surface area contributed by atoms with Crippen molar-refractivity contribution in [1.29, 1.82) is 0 Å². The molecular weight excluding hydrogens is 426 g/mol. The van der Waals surface area contributed by atoms with Crippen molar-refractivity contribution < 1.29 is 15.8 Å². The molecule has 6 aliphatic rings. The molecule has 0 aromatic rings. The predicted octanol–water partition coefficient (Wildman–Crippen LogP) is 4.05. The summed E-state index contributed by atoms with van der Waals surface area (Å²) in [7, 11) is 1.87. The van der Waals surface area contributed by atoms with Crippen LogP contribution < -0.4 is 10.6 Å². The Morgan fingerprint density at radius 3 is 1.53 bits per heavy atom. The third-order valence-corrected chi connectivity index (χ3v) is 7.02. The smallest absolute Gasteiger partial charge is 0.250 e. The quantitative estimate of drug-likeness (QED) is 0.568. The Bertz CT molecular complexity index is 1080. The van der Waals surface area contributed by atoms with Gasteiger partial charge in [-0.15, -0.1) is 0 Å². The largest absolute Gasteiger partial charge is 0.352 e. The Morgan fingerprint density at radius 1 is 0.676 bits per heavy atom. The number of nitrogens with zero attached hydrogens (tertiary/aromatic N) is 1. The Balaban J connectivity index is 0.000000145. The highest BCUT2D eigenvalue weighted by Crippen LogP contribution is 2.32. The number of amides is 3. The van der Waals surface area contributed by atoms with Gasteiger partial charge in [0, 0.05) is 44.8 Å². The van der Waals surface area contributed by atoms with Crippen LogP contribution in [0.4, 0.5) is 0 Å². The number of rotatable bonds is 0. The molecule has 0 saturated carbocycles. The molecule has 0 aromatic carbocycles. The minimum absolute atomic E-state index is 0. The van der Waals surface area contributed by atoms with E-state index in [0.29, 0.717) is 0 Å². The van der Waals surface area contributed by atoms with Crippen LogP contribution in [0.5, 0.6) is 0 Å². The SMILES string of the molecule is CC1=CC2=C(C1)C(=O)N(C)CC2.CC1=CC2=C(C1)C(=O)NCC2.CC1=CC2=C(C1)C(=O)NCC2.[2HH]. The highest BCUT2D eigenvalue weighted by Gasteiger charge is 2.27. The van der Waals surface area contributed by atoms with Gasteiger partial charge < -0.3 is 15.5 Å². The van der Waals surface area contributed by atoms with Gasteiger partial charge in [-0.05, 0) is 76.0 Å². The molecule has 182 valence electrons. The highest BCUT2D eigenvalue weighted by molar-refractivity contribution is 5.98. The van der Waals surface area contributed by atoms with E-state index in [4.69, 9.17) is 0 Å². The van der Waals surface area contributed by atoms with Gasteiger partial charge >= 0.3 is 0 Å². The third-order valence-electron chi connectivity index (χ3n) is 7.02. The van der Waals surface area contributed by atoms with E-state index >= 15 is 0 Å². The number of likely N-dealkylation sites (N-methyl/N-ethyl adjacent to an activating group) is 1. The maximum atomic E-state index is 11.6. The first-order chi connectivity index (χ1) is 16.2. The summed E-state index contributed by atoms with van der Waals surface area (Å²) in [6.45, 7) is 8.73. The fourth-order valence-corrected chi connectivity index (χ4v) is 5.27. The second kappa shape index (κ2) is 10.00. The van der Waals surface area contributed by atoms with Crippen LogP contribution in [0.25, 0.3) is 0 Å². The molecule has 0 atom stereocenters. The lowest BCUT2D eigenvalue weighted by molar-refractivity contribution is -0.126. The molecule has 2 N–H and O–H groups in total.